The van der Waals surface area contributed by atoms with Crippen molar-refractivity contribution in [3.63, 3.8) is 0 Å². The lowest BCUT2D eigenvalue weighted by molar-refractivity contribution is -0.145. The summed E-state index contributed by atoms with van der Waals surface area (Å²) in [6.45, 7) is 1.33. The third kappa shape index (κ3) is 4.71. The van der Waals surface area contributed by atoms with E-state index in [4.69, 9.17) is 4.74 Å². The minimum Gasteiger partial charge on any atom is -0.482 e. The average Bonchev–Trinajstić information content (AvgIpc) is 2.91. The van der Waals surface area contributed by atoms with Gasteiger partial charge in [-0.2, -0.15) is 13.2 Å². The Morgan fingerprint density at radius 1 is 1.30 bits per heavy atom. The molecule has 7 heteroatoms. The number of hydrogen-bond donors (Lipinski definition) is 0. The molecule has 0 aliphatic heterocycles. The van der Waals surface area contributed by atoms with Gasteiger partial charge in [0.05, 0.1) is 12.2 Å². The van der Waals surface area contributed by atoms with Crippen molar-refractivity contribution in [2.24, 2.45) is 0 Å². The van der Waals surface area contributed by atoms with Crippen LogP contribution in [0.25, 0.3) is 0 Å². The zero-order chi connectivity index (χ0) is 17.0. The number of hydrogen-bond acceptors (Lipinski definition) is 4. The largest absolute Gasteiger partial charge is 0.482 e. The molecule has 1 atom stereocenters. The van der Waals surface area contributed by atoms with Gasteiger partial charge in [-0.1, -0.05) is 0 Å². The molecule has 0 heterocycles. The number of rotatable bonds is 5. The summed E-state index contributed by atoms with van der Waals surface area (Å²) < 4.78 is 48.8. The van der Waals surface area contributed by atoms with Crippen LogP contribution in [0.3, 0.4) is 0 Å². The van der Waals surface area contributed by atoms with E-state index in [2.05, 4.69) is 4.74 Å². The van der Waals surface area contributed by atoms with E-state index in [0.29, 0.717) is 18.4 Å². The third-order valence-corrected chi connectivity index (χ3v) is 3.64. The van der Waals surface area contributed by atoms with Crippen LogP contribution in [0.5, 0.6) is 5.75 Å². The average molecular weight is 330 g/mol. The standard InChI is InChI=1S/C16H17F3O4/c1-2-22-15(21)9-23-14-7-11(10-3-4-13(20)6-10)5-12(8-14)16(17,18)19/h5,7-8,10H,2-4,6,9H2,1H3/t10-/m1/s1. The Morgan fingerprint density at radius 2 is 2.04 bits per heavy atom. The number of ketones is 1. The van der Waals surface area contributed by atoms with Crippen LogP contribution in [-0.2, 0) is 20.5 Å². The molecule has 0 saturated heterocycles. The molecule has 1 fully saturated rings. The number of carbonyl (C=O) groups is 2. The van der Waals surface area contributed by atoms with Gasteiger partial charge in [0.1, 0.15) is 11.5 Å². The van der Waals surface area contributed by atoms with Crippen molar-refractivity contribution in [1.82, 2.24) is 0 Å². The van der Waals surface area contributed by atoms with Crippen molar-refractivity contribution in [3.8, 4) is 5.75 Å². The molecule has 1 saturated carbocycles. The first-order valence-corrected chi connectivity index (χ1v) is 7.32. The van der Waals surface area contributed by atoms with Crippen molar-refractivity contribution < 1.29 is 32.2 Å². The van der Waals surface area contributed by atoms with Crippen molar-refractivity contribution in [2.45, 2.75) is 38.3 Å². The fourth-order valence-electron chi connectivity index (χ4n) is 2.55. The summed E-state index contributed by atoms with van der Waals surface area (Å²) in [4.78, 5) is 22.6. The Bertz CT molecular complexity index is 595. The Morgan fingerprint density at radius 3 is 2.61 bits per heavy atom. The first kappa shape index (κ1) is 17.3. The molecule has 0 spiro atoms. The van der Waals surface area contributed by atoms with Gasteiger partial charge in [0.25, 0.3) is 0 Å². The SMILES string of the molecule is CCOC(=O)COc1cc([C@@H]2CCC(=O)C2)cc(C(F)(F)F)c1. The van der Waals surface area contributed by atoms with Crippen molar-refractivity contribution in [2.75, 3.05) is 13.2 Å². The van der Waals surface area contributed by atoms with Crippen LogP contribution >= 0.6 is 0 Å². The highest BCUT2D eigenvalue weighted by molar-refractivity contribution is 5.81. The minimum absolute atomic E-state index is 0.0430. The first-order chi connectivity index (χ1) is 10.8. The van der Waals surface area contributed by atoms with Crippen LogP contribution in [-0.4, -0.2) is 25.0 Å². The summed E-state index contributed by atoms with van der Waals surface area (Å²) in [5.41, 5.74) is -0.447. The minimum atomic E-state index is -4.53. The molecular weight excluding hydrogens is 313 g/mol. The number of benzene rings is 1. The first-order valence-electron chi connectivity index (χ1n) is 7.32. The highest BCUT2D eigenvalue weighted by atomic mass is 19.4. The summed E-state index contributed by atoms with van der Waals surface area (Å²) in [5, 5.41) is 0. The van der Waals surface area contributed by atoms with Crippen LogP contribution in [0.4, 0.5) is 13.2 Å². The van der Waals surface area contributed by atoms with Crippen molar-refractivity contribution in [3.05, 3.63) is 29.3 Å². The monoisotopic (exact) mass is 330 g/mol. The molecule has 2 rings (SSSR count). The number of carbonyl (C=O) groups excluding carboxylic acids is 2. The molecule has 1 aliphatic carbocycles. The Labute approximate surface area is 131 Å². The van der Waals surface area contributed by atoms with Crippen LogP contribution < -0.4 is 4.74 Å². The molecule has 1 aromatic carbocycles. The van der Waals surface area contributed by atoms with Crippen LogP contribution in [0.2, 0.25) is 0 Å². The lowest BCUT2D eigenvalue weighted by Crippen LogP contribution is -2.15. The quantitative estimate of drug-likeness (QED) is 0.776. The van der Waals surface area contributed by atoms with Gasteiger partial charge < -0.3 is 9.47 Å². The fraction of sp³-hybridized carbons (Fsp3) is 0.500. The number of esters is 1. The molecule has 0 N–H and O–H groups in total. The zero-order valence-corrected chi connectivity index (χ0v) is 12.6. The lowest BCUT2D eigenvalue weighted by atomic mass is 9.95. The van der Waals surface area contributed by atoms with E-state index >= 15 is 0 Å². The molecule has 126 valence electrons. The van der Waals surface area contributed by atoms with Gasteiger partial charge in [0, 0.05) is 12.8 Å². The molecule has 23 heavy (non-hydrogen) atoms. The third-order valence-electron chi connectivity index (χ3n) is 3.64. The van der Waals surface area contributed by atoms with E-state index < -0.39 is 24.3 Å². The van der Waals surface area contributed by atoms with E-state index in [1.165, 1.54) is 6.07 Å². The second kappa shape index (κ2) is 7.02. The van der Waals surface area contributed by atoms with Gasteiger partial charge in [-0.15, -0.1) is 0 Å². The van der Waals surface area contributed by atoms with Crippen LogP contribution in [0.1, 0.15) is 43.2 Å². The summed E-state index contributed by atoms with van der Waals surface area (Å²) in [7, 11) is 0. The predicted molar refractivity (Wildman–Crippen MR) is 75.2 cm³/mol. The van der Waals surface area contributed by atoms with Crippen LogP contribution in [0, 0.1) is 0 Å². The van der Waals surface area contributed by atoms with Gasteiger partial charge in [-0.3, -0.25) is 4.79 Å². The Hall–Kier alpha value is -2.05. The van der Waals surface area contributed by atoms with Gasteiger partial charge >= 0.3 is 12.1 Å². The van der Waals surface area contributed by atoms with Gasteiger partial charge in [-0.05, 0) is 43.0 Å². The van der Waals surface area contributed by atoms with Gasteiger partial charge in [0.2, 0.25) is 0 Å². The smallest absolute Gasteiger partial charge is 0.416 e. The second-order valence-corrected chi connectivity index (χ2v) is 5.36. The summed E-state index contributed by atoms with van der Waals surface area (Å²) in [5.74, 6) is -0.902. The maximum atomic E-state index is 13.0. The summed E-state index contributed by atoms with van der Waals surface area (Å²) in [6, 6.07) is 3.34. The number of halogens is 3. The van der Waals surface area contributed by atoms with Crippen LogP contribution in [0.15, 0.2) is 18.2 Å². The molecule has 0 amide bonds. The van der Waals surface area contributed by atoms with Gasteiger partial charge in [-0.25, -0.2) is 4.79 Å². The normalized spacial score (nSPS) is 18.1. The molecule has 0 radical (unpaired) electrons. The van der Waals surface area contributed by atoms with Gasteiger partial charge in [0.15, 0.2) is 6.61 Å². The zero-order valence-electron chi connectivity index (χ0n) is 12.6. The Balaban J connectivity index is 2.23. The Kier molecular flexibility index (Phi) is 5.28. The fourth-order valence-corrected chi connectivity index (χ4v) is 2.55. The number of ether oxygens (including phenoxy) is 2. The highest BCUT2D eigenvalue weighted by Crippen LogP contribution is 2.38. The maximum Gasteiger partial charge on any atom is 0.416 e. The number of Topliss-reactive ketones (excluding diaryl/α,β-unsaturated/α-hetero) is 1. The predicted octanol–water partition coefficient (Wildman–Crippen LogP) is 3.48. The van der Waals surface area contributed by atoms with Crippen molar-refractivity contribution >= 4 is 11.8 Å². The highest BCUT2D eigenvalue weighted by Gasteiger charge is 2.33. The molecule has 0 bridgehead atoms. The molecule has 1 aromatic rings. The molecule has 0 aromatic heterocycles. The van der Waals surface area contributed by atoms with E-state index in [9.17, 15) is 22.8 Å². The maximum absolute atomic E-state index is 13.0. The molecule has 4 nitrogen and oxygen atoms in total. The lowest BCUT2D eigenvalue weighted by Gasteiger charge is -2.16. The molecule has 1 aliphatic rings. The number of alkyl halides is 3. The van der Waals surface area contributed by atoms with E-state index in [0.717, 1.165) is 12.1 Å². The topological polar surface area (TPSA) is 52.6 Å². The van der Waals surface area contributed by atoms with Crippen molar-refractivity contribution in [1.29, 1.82) is 0 Å². The summed E-state index contributed by atoms with van der Waals surface area (Å²) in [6.07, 6.45) is -3.39. The summed E-state index contributed by atoms with van der Waals surface area (Å²) >= 11 is 0. The second-order valence-electron chi connectivity index (χ2n) is 5.36. The molecule has 0 unspecified atom stereocenters. The molecular formula is C16H17F3O4. The van der Waals surface area contributed by atoms with E-state index in [-0.39, 0.29) is 30.5 Å². The van der Waals surface area contributed by atoms with E-state index in [1.807, 2.05) is 0 Å². The van der Waals surface area contributed by atoms with E-state index in [1.54, 1.807) is 6.92 Å².